The summed E-state index contributed by atoms with van der Waals surface area (Å²) in [7, 11) is -37.3. The summed E-state index contributed by atoms with van der Waals surface area (Å²) in [6, 6.07) is 0. The minimum atomic E-state index is -3.18. The van der Waals surface area contributed by atoms with Crippen LogP contribution >= 0.6 is 0 Å². The van der Waals surface area contributed by atoms with Gasteiger partial charge in [-0.3, -0.25) is 28.8 Å². The molecule has 0 saturated carbocycles. The molecule has 30 nitrogen and oxygen atoms in total. The molecule has 6 radical (unpaired) electrons. The van der Waals surface area contributed by atoms with Crippen molar-refractivity contribution in [3.05, 3.63) is 0 Å². The van der Waals surface area contributed by atoms with E-state index in [2.05, 4.69) is 0 Å². The fraction of sp³-hybridized carbons (Fsp3) is 0.857. The van der Waals surface area contributed by atoms with E-state index in [-0.39, 0.29) is 117 Å². The lowest BCUT2D eigenvalue weighted by atomic mass is 10.7. The molecule has 1 heterocycles. The minimum absolute atomic E-state index is 0.00113. The first-order valence-corrected chi connectivity index (χ1v) is 52.7. The minimum Gasteiger partial charge on any atom is -0.463 e. The van der Waals surface area contributed by atoms with Crippen molar-refractivity contribution < 1.29 is 135 Å². The number of carbonyl (C=O) groups is 6. The maximum absolute atomic E-state index is 11.5. The summed E-state index contributed by atoms with van der Waals surface area (Å²) in [4.78, 5) is 69.3. The highest BCUT2D eigenvalue weighted by Crippen LogP contribution is 2.23. The third-order valence-electron chi connectivity index (χ3n) is 9.05. The van der Waals surface area contributed by atoms with Crippen molar-refractivity contribution in [2.75, 3.05) is 117 Å². The Morgan fingerprint density at radius 2 is 0.357 bits per heavy atom. The van der Waals surface area contributed by atoms with Gasteiger partial charge < -0.3 is 106 Å². The molecule has 1 saturated heterocycles. The standard InChI is InChI=1S/C42H90O30Si12/c1-37(43)55-25-19-49-31-79(7,8)67-73-61-74(68-80(9,10)32-50-20-26-56-38(2)44)63-76(70-82(13,14)34-52-22-28-58-40(4)46)65-78(72-84(17,18)36-54-24-30-60-42(6)48)66-77(71-83(15,16)35-53-23-29-59-41(5)47)64-75(62-73)69-81(11,12)33-51-21-27-57-39(3)45/h19-36H2,1-18H3. The Labute approximate surface area is 512 Å². The van der Waals surface area contributed by atoms with Gasteiger partial charge in [0.2, 0.25) is 49.9 Å². The Hall–Kier alpha value is -1.30. The molecule has 0 unspecified atom stereocenters. The van der Waals surface area contributed by atoms with Gasteiger partial charge in [0, 0.05) is 41.5 Å². The molecule has 486 valence electrons. The van der Waals surface area contributed by atoms with Gasteiger partial charge in [-0.25, -0.2) is 0 Å². The van der Waals surface area contributed by atoms with Crippen molar-refractivity contribution in [1.82, 2.24) is 0 Å². The van der Waals surface area contributed by atoms with E-state index in [4.69, 9.17) is 106 Å². The fourth-order valence-electron chi connectivity index (χ4n) is 5.69. The molecular formula is C42H90O30Si12. The summed E-state index contributed by atoms with van der Waals surface area (Å²) in [5.74, 6) is -2.81. The average Bonchev–Trinajstić information content (AvgIpc) is 3.51. The average molecular weight is 1410 g/mol. The second kappa shape index (κ2) is 41.9. The number of hydrogen-bond donors (Lipinski definition) is 0. The number of ether oxygens (including phenoxy) is 12. The lowest BCUT2D eigenvalue weighted by Gasteiger charge is -2.37. The topological polar surface area (TPSA) is 324 Å². The zero-order valence-electron chi connectivity index (χ0n) is 52.0. The van der Waals surface area contributed by atoms with Crippen molar-refractivity contribution >= 4 is 143 Å². The SMILES string of the molecule is CC(=O)OCCOC[Si](C)(C)O[Si]1O[Si](O[Si](C)(C)COCCOC(C)=O)O[Si](O[Si](C)(C)COCCOC(C)=O)O[Si](O[Si](C)(C)COCCOC(C)=O)O[Si](O[Si](C)(C)COCCOC(C)=O)O[Si](O[Si](C)(C)COCCOC(C)=O)O1. The van der Waals surface area contributed by atoms with Gasteiger partial charge in [-0.2, -0.15) is 0 Å². The van der Waals surface area contributed by atoms with Gasteiger partial charge in [0.25, 0.3) is 0 Å². The first-order valence-electron chi connectivity index (χ1n) is 26.7. The van der Waals surface area contributed by atoms with Crippen LogP contribution in [0.1, 0.15) is 41.5 Å². The van der Waals surface area contributed by atoms with Crippen molar-refractivity contribution in [2.45, 2.75) is 120 Å². The Morgan fingerprint density at radius 3 is 0.464 bits per heavy atom. The first-order chi connectivity index (χ1) is 39.0. The predicted molar refractivity (Wildman–Crippen MR) is 317 cm³/mol. The van der Waals surface area contributed by atoms with Crippen LogP contribution in [0, 0.1) is 0 Å². The molecule has 84 heavy (non-hydrogen) atoms. The van der Waals surface area contributed by atoms with Crippen molar-refractivity contribution in [3.8, 4) is 0 Å². The van der Waals surface area contributed by atoms with E-state index >= 15 is 0 Å². The van der Waals surface area contributed by atoms with E-state index < -0.39 is 143 Å². The van der Waals surface area contributed by atoms with Gasteiger partial charge in [-0.05, 0) is 78.6 Å². The van der Waals surface area contributed by atoms with Crippen LogP contribution < -0.4 is 0 Å². The fourth-order valence-corrected chi connectivity index (χ4v) is 34.8. The van der Waals surface area contributed by atoms with Gasteiger partial charge >= 0.3 is 93.0 Å². The summed E-state index contributed by atoms with van der Waals surface area (Å²) >= 11 is 0. The molecule has 0 spiro atoms. The van der Waals surface area contributed by atoms with Gasteiger partial charge in [0.05, 0.1) is 77.0 Å². The van der Waals surface area contributed by atoms with Crippen LogP contribution in [0.5, 0.6) is 0 Å². The predicted octanol–water partition coefficient (Wildman–Crippen LogP) is 2.05. The van der Waals surface area contributed by atoms with E-state index in [1.807, 2.05) is 78.6 Å². The summed E-state index contributed by atoms with van der Waals surface area (Å²) < 4.78 is 149. The lowest BCUT2D eigenvalue weighted by molar-refractivity contribution is -0.143. The van der Waals surface area contributed by atoms with E-state index in [1.165, 1.54) is 41.5 Å². The molecule has 0 N–H and O–H groups in total. The van der Waals surface area contributed by atoms with Crippen LogP contribution in [0.3, 0.4) is 0 Å². The molecule has 1 aliphatic heterocycles. The summed E-state index contributed by atoms with van der Waals surface area (Å²) in [5.41, 5.74) is 0. The molecule has 42 heteroatoms. The summed E-state index contributed by atoms with van der Waals surface area (Å²) in [5, 5.41) is 0. The van der Waals surface area contributed by atoms with Gasteiger partial charge in [-0.15, -0.1) is 0 Å². The van der Waals surface area contributed by atoms with Crippen molar-refractivity contribution in [3.63, 3.8) is 0 Å². The second-order valence-corrected chi connectivity index (χ2v) is 57.3. The molecule has 0 aromatic carbocycles. The van der Waals surface area contributed by atoms with Crippen molar-refractivity contribution in [2.24, 2.45) is 0 Å². The second-order valence-electron chi connectivity index (χ2n) is 21.6. The Kier molecular flexibility index (Phi) is 40.3. The number of carbonyl (C=O) groups excluding carboxylic acids is 6. The van der Waals surface area contributed by atoms with Gasteiger partial charge in [0.1, 0.15) is 39.6 Å². The van der Waals surface area contributed by atoms with Crippen molar-refractivity contribution in [1.29, 1.82) is 0 Å². The highest BCUT2D eigenvalue weighted by atomic mass is 28.5. The zero-order valence-corrected chi connectivity index (χ0v) is 64.0. The zero-order chi connectivity index (χ0) is 63.6. The maximum Gasteiger partial charge on any atom is 0.550 e. The molecule has 0 atom stereocenters. The van der Waals surface area contributed by atoms with Crippen LogP contribution in [0.15, 0.2) is 0 Å². The third kappa shape index (κ3) is 45.0. The van der Waals surface area contributed by atoms with Gasteiger partial charge in [0.15, 0.2) is 0 Å². The molecule has 0 bridgehead atoms. The first kappa shape index (κ1) is 80.7. The molecule has 1 fully saturated rings. The molecule has 0 aliphatic carbocycles. The highest BCUT2D eigenvalue weighted by Gasteiger charge is 2.52. The van der Waals surface area contributed by atoms with Crippen LogP contribution in [0.4, 0.5) is 0 Å². The summed E-state index contributed by atoms with van der Waals surface area (Å²) in [6.45, 7) is 30.5. The van der Waals surface area contributed by atoms with E-state index in [0.29, 0.717) is 0 Å². The molecule has 0 amide bonds. The Bertz CT molecular complexity index is 1580. The van der Waals surface area contributed by atoms with Crippen LogP contribution in [0.2, 0.25) is 78.6 Å². The number of esters is 6. The van der Waals surface area contributed by atoms with Crippen LogP contribution in [-0.2, 0) is 135 Å². The highest BCUT2D eigenvalue weighted by molar-refractivity contribution is 6.85. The Balaban J connectivity index is 4.29. The van der Waals surface area contributed by atoms with E-state index in [1.54, 1.807) is 0 Å². The quantitative estimate of drug-likeness (QED) is 0.0365. The van der Waals surface area contributed by atoms with E-state index in [0.717, 1.165) is 0 Å². The van der Waals surface area contributed by atoms with Crippen LogP contribution in [-0.4, -0.2) is 260 Å². The molecule has 0 aromatic heterocycles. The molecule has 1 aliphatic rings. The molecule has 1 rings (SSSR count). The van der Waals surface area contributed by atoms with E-state index in [9.17, 15) is 28.8 Å². The Morgan fingerprint density at radius 1 is 0.238 bits per heavy atom. The third-order valence-corrected chi connectivity index (χ3v) is 39.7. The normalized spacial score (nSPS) is 15.9. The molecule has 0 aromatic rings. The van der Waals surface area contributed by atoms with Crippen LogP contribution in [0.25, 0.3) is 0 Å². The number of hydrogen-bond acceptors (Lipinski definition) is 30. The lowest BCUT2D eigenvalue weighted by Crippen LogP contribution is -2.61. The maximum atomic E-state index is 11.5. The smallest absolute Gasteiger partial charge is 0.463 e. The number of rotatable bonds is 42. The largest absolute Gasteiger partial charge is 0.550 e. The molecular weight excluding hydrogens is 1320 g/mol. The summed E-state index contributed by atoms with van der Waals surface area (Å²) in [6.07, 6.45) is 0.434. The monoisotopic (exact) mass is 1410 g/mol. The van der Waals surface area contributed by atoms with Gasteiger partial charge in [-0.1, -0.05) is 0 Å².